The fraction of sp³-hybridized carbons (Fsp3) is 0.333. The van der Waals surface area contributed by atoms with E-state index >= 15 is 0 Å². The number of anilines is 1. The number of amides is 1. The number of carbonyl (C=O) groups is 1. The van der Waals surface area contributed by atoms with E-state index in [2.05, 4.69) is 4.98 Å². The molecule has 0 unspecified atom stereocenters. The van der Waals surface area contributed by atoms with Crippen LogP contribution in [0.5, 0.6) is 0 Å². The third-order valence-corrected chi connectivity index (χ3v) is 3.92. The van der Waals surface area contributed by atoms with Gasteiger partial charge in [0.2, 0.25) is 0 Å². The highest BCUT2D eigenvalue weighted by Gasteiger charge is 2.32. The Bertz CT molecular complexity index is 610. The van der Waals surface area contributed by atoms with E-state index < -0.39 is 12.2 Å². The first kappa shape index (κ1) is 11.4. The van der Waals surface area contributed by atoms with E-state index in [1.165, 1.54) is 11.3 Å². The predicted molar refractivity (Wildman–Crippen MR) is 69.1 cm³/mol. The number of hydrogen-bond acceptors (Lipinski definition) is 5. The fourth-order valence-electron chi connectivity index (χ4n) is 1.93. The zero-order valence-electron chi connectivity index (χ0n) is 9.79. The van der Waals surface area contributed by atoms with Crippen molar-refractivity contribution in [1.82, 2.24) is 4.98 Å². The van der Waals surface area contributed by atoms with E-state index in [4.69, 9.17) is 9.84 Å². The number of fused-ring (bicyclic) bond motifs is 1. The molecule has 94 valence electrons. The average molecular weight is 264 g/mol. The smallest absolute Gasteiger partial charge is 0.415 e. The summed E-state index contributed by atoms with van der Waals surface area (Å²) in [7, 11) is 0. The Kier molecular flexibility index (Phi) is 2.68. The fourth-order valence-corrected chi connectivity index (χ4v) is 3.00. The number of aliphatic hydroxyl groups is 1. The zero-order valence-corrected chi connectivity index (χ0v) is 10.6. The van der Waals surface area contributed by atoms with E-state index in [1.807, 2.05) is 25.1 Å². The number of aliphatic hydroxyl groups excluding tert-OH is 1. The van der Waals surface area contributed by atoms with Crippen LogP contribution in [0.15, 0.2) is 18.2 Å². The molecule has 0 saturated carbocycles. The molecule has 1 aliphatic heterocycles. The van der Waals surface area contributed by atoms with Crippen LogP contribution in [0.1, 0.15) is 5.69 Å². The molecule has 1 amide bonds. The zero-order chi connectivity index (χ0) is 12.7. The Morgan fingerprint density at radius 3 is 3.17 bits per heavy atom. The molecule has 18 heavy (non-hydrogen) atoms. The normalized spacial score (nSPS) is 19.6. The number of thiophene rings is 1. The average Bonchev–Trinajstić information content (AvgIpc) is 2.91. The van der Waals surface area contributed by atoms with E-state index in [9.17, 15) is 4.79 Å². The van der Waals surface area contributed by atoms with Crippen LogP contribution in [0.3, 0.4) is 0 Å². The molecule has 5 nitrogen and oxygen atoms in total. The third-order valence-electron chi connectivity index (χ3n) is 2.85. The molecule has 0 aromatic carbocycles. The van der Waals surface area contributed by atoms with Crippen molar-refractivity contribution < 1.29 is 14.6 Å². The summed E-state index contributed by atoms with van der Waals surface area (Å²) in [6, 6.07) is 5.85. The van der Waals surface area contributed by atoms with Gasteiger partial charge in [0.1, 0.15) is 15.9 Å². The lowest BCUT2D eigenvalue weighted by atomic mass is 10.3. The van der Waals surface area contributed by atoms with Crippen molar-refractivity contribution in [2.75, 3.05) is 18.1 Å². The summed E-state index contributed by atoms with van der Waals surface area (Å²) in [6.07, 6.45) is -0.838. The highest BCUT2D eigenvalue weighted by Crippen LogP contribution is 2.33. The molecular formula is C12H12N2O3S. The quantitative estimate of drug-likeness (QED) is 0.900. The first-order valence-electron chi connectivity index (χ1n) is 5.63. The first-order valence-corrected chi connectivity index (χ1v) is 6.45. The van der Waals surface area contributed by atoms with E-state index in [1.54, 1.807) is 4.90 Å². The molecule has 1 N–H and O–H groups in total. The minimum absolute atomic E-state index is 0.148. The van der Waals surface area contributed by atoms with Gasteiger partial charge in [-0.05, 0) is 19.1 Å². The SMILES string of the molecule is Cc1ccc2cc(N3C[C@H](CO)OC3=O)sc2n1. The van der Waals surface area contributed by atoms with E-state index in [0.29, 0.717) is 6.54 Å². The lowest BCUT2D eigenvalue weighted by Crippen LogP contribution is -2.24. The second kappa shape index (κ2) is 4.22. The van der Waals surface area contributed by atoms with Crippen molar-refractivity contribution >= 4 is 32.6 Å². The number of rotatable bonds is 2. The minimum Gasteiger partial charge on any atom is -0.441 e. The summed E-state index contributed by atoms with van der Waals surface area (Å²) in [5, 5.41) is 10.8. The second-order valence-electron chi connectivity index (χ2n) is 4.23. The third kappa shape index (κ3) is 1.83. The molecule has 0 bridgehead atoms. The van der Waals surface area contributed by atoms with Gasteiger partial charge >= 0.3 is 6.09 Å². The number of aryl methyl sites for hydroxylation is 1. The van der Waals surface area contributed by atoms with Crippen molar-refractivity contribution in [2.45, 2.75) is 13.0 Å². The van der Waals surface area contributed by atoms with Crippen molar-refractivity contribution in [3.63, 3.8) is 0 Å². The highest BCUT2D eigenvalue weighted by atomic mass is 32.1. The van der Waals surface area contributed by atoms with Crippen LogP contribution in [0, 0.1) is 6.92 Å². The maximum absolute atomic E-state index is 11.7. The van der Waals surface area contributed by atoms with Gasteiger partial charge in [-0.25, -0.2) is 9.78 Å². The van der Waals surface area contributed by atoms with Gasteiger partial charge < -0.3 is 9.84 Å². The molecule has 1 fully saturated rings. The number of cyclic esters (lactones) is 1. The summed E-state index contributed by atoms with van der Waals surface area (Å²) in [5.74, 6) is 0. The van der Waals surface area contributed by atoms with Gasteiger partial charge in [-0.2, -0.15) is 0 Å². The number of aromatic nitrogens is 1. The highest BCUT2D eigenvalue weighted by molar-refractivity contribution is 7.22. The Morgan fingerprint density at radius 2 is 2.44 bits per heavy atom. The molecule has 6 heteroatoms. The van der Waals surface area contributed by atoms with Gasteiger partial charge in [-0.1, -0.05) is 17.4 Å². The lowest BCUT2D eigenvalue weighted by molar-refractivity contribution is 0.0963. The van der Waals surface area contributed by atoms with Crippen LogP contribution in [-0.2, 0) is 4.74 Å². The number of pyridine rings is 1. The molecule has 3 heterocycles. The summed E-state index contributed by atoms with van der Waals surface area (Å²) in [4.78, 5) is 18.5. The number of hydrogen-bond donors (Lipinski definition) is 1. The second-order valence-corrected chi connectivity index (χ2v) is 5.24. The number of nitrogens with zero attached hydrogens (tertiary/aromatic N) is 2. The van der Waals surface area contributed by atoms with Crippen molar-refractivity contribution in [3.8, 4) is 0 Å². The van der Waals surface area contributed by atoms with Gasteiger partial charge in [0.05, 0.1) is 13.2 Å². The van der Waals surface area contributed by atoms with Crippen LogP contribution in [0.25, 0.3) is 10.2 Å². The van der Waals surface area contributed by atoms with Crippen LogP contribution in [0.4, 0.5) is 9.80 Å². The molecule has 2 aromatic rings. The predicted octanol–water partition coefficient (Wildman–Crippen LogP) is 1.92. The molecule has 1 atom stereocenters. The lowest BCUT2D eigenvalue weighted by Gasteiger charge is -2.08. The Balaban J connectivity index is 1.97. The van der Waals surface area contributed by atoms with Gasteiger partial charge in [0.15, 0.2) is 0 Å². The van der Waals surface area contributed by atoms with Crippen LogP contribution in [-0.4, -0.2) is 35.4 Å². The van der Waals surface area contributed by atoms with E-state index in [-0.39, 0.29) is 6.61 Å². The van der Waals surface area contributed by atoms with Gasteiger partial charge in [-0.3, -0.25) is 4.90 Å². The first-order chi connectivity index (χ1) is 8.67. The standard InChI is InChI=1S/C12H12N2O3S/c1-7-2-3-8-4-10(18-11(8)13-7)14-5-9(6-15)17-12(14)16/h2-4,9,15H,5-6H2,1H3/t9-/m1/s1. The molecule has 0 radical (unpaired) electrons. The number of ether oxygens (including phenoxy) is 1. The maximum Gasteiger partial charge on any atom is 0.415 e. The van der Waals surface area contributed by atoms with Gasteiger partial charge in [0, 0.05) is 11.1 Å². The van der Waals surface area contributed by atoms with Crippen molar-refractivity contribution in [2.24, 2.45) is 0 Å². The number of carbonyl (C=O) groups excluding carboxylic acids is 1. The van der Waals surface area contributed by atoms with E-state index in [0.717, 1.165) is 20.9 Å². The molecule has 2 aromatic heterocycles. The maximum atomic E-state index is 11.7. The molecule has 0 aliphatic carbocycles. The summed E-state index contributed by atoms with van der Waals surface area (Å²) in [6.45, 7) is 2.18. The van der Waals surface area contributed by atoms with Crippen molar-refractivity contribution in [3.05, 3.63) is 23.9 Å². The minimum atomic E-state index is -0.433. The Morgan fingerprint density at radius 1 is 1.61 bits per heavy atom. The van der Waals surface area contributed by atoms with Gasteiger partial charge in [0.25, 0.3) is 0 Å². The van der Waals surface area contributed by atoms with Crippen LogP contribution in [0.2, 0.25) is 0 Å². The summed E-state index contributed by atoms with van der Waals surface area (Å²) < 4.78 is 5.02. The van der Waals surface area contributed by atoms with Gasteiger partial charge in [-0.15, -0.1) is 0 Å². The van der Waals surface area contributed by atoms with Crippen LogP contribution >= 0.6 is 11.3 Å². The molecular weight excluding hydrogens is 252 g/mol. The summed E-state index contributed by atoms with van der Waals surface area (Å²) >= 11 is 1.46. The largest absolute Gasteiger partial charge is 0.441 e. The molecule has 1 aliphatic rings. The molecule has 0 spiro atoms. The molecule has 3 rings (SSSR count). The Labute approximate surface area is 108 Å². The van der Waals surface area contributed by atoms with Crippen LogP contribution < -0.4 is 4.90 Å². The Hall–Kier alpha value is -1.66. The summed E-state index contributed by atoms with van der Waals surface area (Å²) in [5.41, 5.74) is 0.952. The van der Waals surface area contributed by atoms with Crippen molar-refractivity contribution in [1.29, 1.82) is 0 Å². The topological polar surface area (TPSA) is 62.7 Å². The monoisotopic (exact) mass is 264 g/mol. The molecule has 1 saturated heterocycles.